The first-order valence-electron chi connectivity index (χ1n) is 8.29. The molecule has 6 nitrogen and oxygen atoms in total. The molecule has 140 valence electrons. The molecular weight excluding hydrogens is 396 g/mol. The predicted molar refractivity (Wildman–Crippen MR) is 119 cm³/mol. The van der Waals surface area contributed by atoms with Crippen LogP contribution in [0.2, 0.25) is 0 Å². The standard InChI is InChI=1S/C18H20N6S3/c1-13-3-5-17(15(11-13)21-23-19)26-9-7-25-8-10-27-18-6-4-14(2)12-16(18)22-24-20/h3-6,11-12H,7-10H2,1-2H3. The molecule has 0 amide bonds. The molecule has 0 heterocycles. The molecule has 0 saturated heterocycles. The molecule has 2 aromatic carbocycles. The molecule has 0 aliphatic rings. The SMILES string of the molecule is Cc1ccc(SCCSCCSc2ccc(C)cc2N=[N+]=[N-])c(N=[N+]=[N-])c1. The van der Waals surface area contributed by atoms with E-state index in [1.165, 1.54) is 0 Å². The van der Waals surface area contributed by atoms with Gasteiger partial charge in [-0.15, -0.1) is 23.5 Å². The molecule has 0 fully saturated rings. The van der Waals surface area contributed by atoms with Crippen LogP contribution in [-0.2, 0) is 0 Å². The summed E-state index contributed by atoms with van der Waals surface area (Å²) in [5.74, 6) is 3.96. The van der Waals surface area contributed by atoms with Crippen LogP contribution in [0.15, 0.2) is 56.4 Å². The van der Waals surface area contributed by atoms with E-state index in [0.717, 1.165) is 43.9 Å². The van der Waals surface area contributed by atoms with Crippen molar-refractivity contribution in [2.45, 2.75) is 23.6 Å². The number of azide groups is 2. The van der Waals surface area contributed by atoms with E-state index in [9.17, 15) is 0 Å². The third kappa shape index (κ3) is 7.33. The van der Waals surface area contributed by atoms with Gasteiger partial charge in [-0.3, -0.25) is 0 Å². The monoisotopic (exact) mass is 416 g/mol. The quantitative estimate of drug-likeness (QED) is 0.130. The number of aryl methyl sites for hydroxylation is 2. The molecule has 2 aromatic rings. The maximum absolute atomic E-state index is 8.68. The Hall–Kier alpha value is -1.89. The number of benzene rings is 2. The van der Waals surface area contributed by atoms with E-state index in [-0.39, 0.29) is 0 Å². The number of hydrogen-bond acceptors (Lipinski definition) is 5. The van der Waals surface area contributed by atoms with E-state index in [4.69, 9.17) is 11.1 Å². The number of rotatable bonds is 10. The maximum Gasteiger partial charge on any atom is 0.0513 e. The zero-order chi connectivity index (χ0) is 19.5. The lowest BCUT2D eigenvalue weighted by Gasteiger charge is -2.07. The van der Waals surface area contributed by atoms with E-state index < -0.39 is 0 Å². The van der Waals surface area contributed by atoms with Crippen molar-refractivity contribution in [1.29, 1.82) is 0 Å². The van der Waals surface area contributed by atoms with Crippen LogP contribution in [0.5, 0.6) is 0 Å². The fourth-order valence-electron chi connectivity index (χ4n) is 2.27. The van der Waals surface area contributed by atoms with Crippen molar-refractivity contribution in [2.24, 2.45) is 10.2 Å². The second kappa shape index (κ2) is 11.7. The van der Waals surface area contributed by atoms with Crippen LogP contribution in [0.25, 0.3) is 20.9 Å². The number of nitrogens with zero attached hydrogens (tertiary/aromatic N) is 6. The molecule has 0 aromatic heterocycles. The van der Waals surface area contributed by atoms with Crippen LogP contribution in [-0.4, -0.2) is 23.0 Å². The minimum atomic E-state index is 0.702. The highest BCUT2D eigenvalue weighted by Gasteiger charge is 2.04. The van der Waals surface area contributed by atoms with E-state index in [2.05, 4.69) is 20.1 Å². The second-order valence-electron chi connectivity index (χ2n) is 5.63. The van der Waals surface area contributed by atoms with Crippen LogP contribution in [0.1, 0.15) is 11.1 Å². The molecule has 0 aliphatic heterocycles. The van der Waals surface area contributed by atoms with Gasteiger partial charge < -0.3 is 0 Å². The fourth-order valence-corrected chi connectivity index (χ4v) is 5.35. The molecule has 27 heavy (non-hydrogen) atoms. The van der Waals surface area contributed by atoms with Gasteiger partial charge in [0.05, 0.1) is 11.4 Å². The molecule has 9 heteroatoms. The van der Waals surface area contributed by atoms with Gasteiger partial charge in [0.15, 0.2) is 0 Å². The second-order valence-corrected chi connectivity index (χ2v) is 9.13. The predicted octanol–water partition coefficient (Wildman–Crippen LogP) is 7.80. The highest BCUT2D eigenvalue weighted by Crippen LogP contribution is 2.32. The molecule has 0 N–H and O–H groups in total. The first-order chi connectivity index (χ1) is 13.1. The minimum Gasteiger partial charge on any atom is -0.160 e. The van der Waals surface area contributed by atoms with Gasteiger partial charge in [0.25, 0.3) is 0 Å². The van der Waals surface area contributed by atoms with E-state index in [0.29, 0.717) is 11.4 Å². The molecule has 0 radical (unpaired) electrons. The van der Waals surface area contributed by atoms with E-state index in [1.807, 2.05) is 62.0 Å². The Morgan fingerprint density at radius 3 is 1.59 bits per heavy atom. The van der Waals surface area contributed by atoms with Crippen LogP contribution in [0, 0.1) is 13.8 Å². The van der Waals surface area contributed by atoms with Crippen molar-refractivity contribution in [3.05, 3.63) is 68.4 Å². The van der Waals surface area contributed by atoms with Gasteiger partial charge in [-0.1, -0.05) is 33.5 Å². The van der Waals surface area contributed by atoms with Crippen LogP contribution in [0.4, 0.5) is 11.4 Å². The summed E-state index contributed by atoms with van der Waals surface area (Å²) in [6.07, 6.45) is 0. The largest absolute Gasteiger partial charge is 0.160 e. The lowest BCUT2D eigenvalue weighted by Crippen LogP contribution is -1.90. The van der Waals surface area contributed by atoms with Crippen molar-refractivity contribution >= 4 is 46.7 Å². The highest BCUT2D eigenvalue weighted by molar-refractivity contribution is 8.04. The van der Waals surface area contributed by atoms with E-state index in [1.54, 1.807) is 23.5 Å². The Morgan fingerprint density at radius 2 is 1.19 bits per heavy atom. The summed E-state index contributed by atoms with van der Waals surface area (Å²) in [5, 5.41) is 7.55. The lowest BCUT2D eigenvalue weighted by molar-refractivity contribution is 1.30. The number of hydrogen-bond donors (Lipinski definition) is 0. The number of thioether (sulfide) groups is 3. The molecule has 0 unspecified atom stereocenters. The van der Waals surface area contributed by atoms with Crippen molar-refractivity contribution in [1.82, 2.24) is 0 Å². The average molecular weight is 417 g/mol. The van der Waals surface area contributed by atoms with Crippen molar-refractivity contribution in [3.8, 4) is 0 Å². The van der Waals surface area contributed by atoms with Gasteiger partial charge in [-0.25, -0.2) is 0 Å². The highest BCUT2D eigenvalue weighted by atomic mass is 32.2. The van der Waals surface area contributed by atoms with Crippen LogP contribution < -0.4 is 0 Å². The zero-order valence-electron chi connectivity index (χ0n) is 15.2. The Balaban J connectivity index is 1.73. The lowest BCUT2D eigenvalue weighted by atomic mass is 10.2. The smallest absolute Gasteiger partial charge is 0.0513 e. The Morgan fingerprint density at radius 1 is 0.741 bits per heavy atom. The van der Waals surface area contributed by atoms with Gasteiger partial charge in [0.2, 0.25) is 0 Å². The Bertz CT molecular complexity index is 802. The van der Waals surface area contributed by atoms with Crippen molar-refractivity contribution < 1.29 is 0 Å². The molecule has 0 aliphatic carbocycles. The minimum absolute atomic E-state index is 0.702. The van der Waals surface area contributed by atoms with E-state index >= 15 is 0 Å². The third-order valence-electron chi connectivity index (χ3n) is 3.50. The zero-order valence-corrected chi connectivity index (χ0v) is 17.7. The summed E-state index contributed by atoms with van der Waals surface area (Å²) < 4.78 is 0. The first-order valence-corrected chi connectivity index (χ1v) is 11.4. The maximum atomic E-state index is 8.68. The molecule has 0 saturated carbocycles. The normalized spacial score (nSPS) is 10.1. The topological polar surface area (TPSA) is 97.5 Å². The summed E-state index contributed by atoms with van der Waals surface area (Å²) in [5.41, 5.74) is 20.9. The summed E-state index contributed by atoms with van der Waals surface area (Å²) in [6, 6.07) is 11.9. The van der Waals surface area contributed by atoms with Gasteiger partial charge in [0, 0.05) is 42.6 Å². The van der Waals surface area contributed by atoms with Crippen molar-refractivity contribution in [3.63, 3.8) is 0 Å². The van der Waals surface area contributed by atoms with Crippen LogP contribution >= 0.6 is 35.3 Å². The Kier molecular flexibility index (Phi) is 9.31. The average Bonchev–Trinajstić information content (AvgIpc) is 2.64. The van der Waals surface area contributed by atoms with Crippen LogP contribution in [0.3, 0.4) is 0 Å². The van der Waals surface area contributed by atoms with Gasteiger partial charge in [-0.05, 0) is 49.2 Å². The van der Waals surface area contributed by atoms with Gasteiger partial charge >= 0.3 is 0 Å². The molecule has 2 rings (SSSR count). The molecule has 0 spiro atoms. The first kappa shape index (κ1) is 21.4. The van der Waals surface area contributed by atoms with Crippen molar-refractivity contribution in [2.75, 3.05) is 23.0 Å². The summed E-state index contributed by atoms with van der Waals surface area (Å²) in [4.78, 5) is 7.85. The van der Waals surface area contributed by atoms with Gasteiger partial charge in [0.1, 0.15) is 0 Å². The Labute approximate surface area is 171 Å². The molecular formula is C18H20N6S3. The van der Waals surface area contributed by atoms with Gasteiger partial charge in [-0.2, -0.15) is 11.8 Å². The summed E-state index contributed by atoms with van der Waals surface area (Å²) >= 11 is 5.31. The third-order valence-corrected chi connectivity index (χ3v) is 7.14. The summed E-state index contributed by atoms with van der Waals surface area (Å²) in [6.45, 7) is 3.97. The molecule has 0 atom stereocenters. The molecule has 0 bridgehead atoms. The fraction of sp³-hybridized carbons (Fsp3) is 0.333. The summed E-state index contributed by atoms with van der Waals surface area (Å²) in [7, 11) is 0.